The van der Waals surface area contributed by atoms with E-state index in [1.807, 2.05) is 34.0 Å². The maximum absolute atomic E-state index is 4.72. The molecule has 3 aromatic heterocycles. The van der Waals surface area contributed by atoms with Crippen LogP contribution in [0.3, 0.4) is 0 Å². The number of rotatable bonds is 20. The lowest BCUT2D eigenvalue weighted by atomic mass is 10.1. The molecular weight excluding hydrogens is 541 g/mol. The quantitative estimate of drug-likeness (QED) is 0.0920. The second-order valence-corrected chi connectivity index (χ2v) is 14.2. The van der Waals surface area contributed by atoms with Crippen molar-refractivity contribution in [1.29, 1.82) is 0 Å². The first-order chi connectivity index (χ1) is 18.8. The predicted molar refractivity (Wildman–Crippen MR) is 175 cm³/mol. The lowest BCUT2D eigenvalue weighted by Crippen LogP contribution is -1.84. The van der Waals surface area contributed by atoms with Crippen LogP contribution in [0.5, 0.6) is 0 Å². The molecule has 0 aromatic carbocycles. The SMILES string of the molecule is CCCCCCCCCCc1csc(-c2sc(-c3cc(CCCCCCCCCC)cs3)c3c2N=S=N3)c1. The summed E-state index contributed by atoms with van der Waals surface area (Å²) < 4.78 is 9.45. The molecule has 0 N–H and O–H groups in total. The van der Waals surface area contributed by atoms with Crippen LogP contribution in [0.2, 0.25) is 0 Å². The summed E-state index contributed by atoms with van der Waals surface area (Å²) in [6.45, 7) is 4.58. The molecule has 0 unspecified atom stereocenters. The highest BCUT2D eigenvalue weighted by Crippen LogP contribution is 2.55. The third-order valence-electron chi connectivity index (χ3n) is 7.52. The van der Waals surface area contributed by atoms with E-state index in [9.17, 15) is 0 Å². The minimum atomic E-state index is 1.11. The van der Waals surface area contributed by atoms with Crippen LogP contribution < -0.4 is 0 Å². The van der Waals surface area contributed by atoms with Crippen molar-refractivity contribution in [3.63, 3.8) is 0 Å². The molecule has 6 heteroatoms. The van der Waals surface area contributed by atoms with Gasteiger partial charge in [0.15, 0.2) is 0 Å². The first-order valence-corrected chi connectivity index (χ1v) is 18.5. The van der Waals surface area contributed by atoms with E-state index in [1.54, 1.807) is 0 Å². The van der Waals surface area contributed by atoms with Crippen LogP contribution in [-0.4, -0.2) is 0 Å². The molecule has 4 heterocycles. The molecule has 0 amide bonds. The molecule has 0 radical (unpaired) electrons. The highest BCUT2D eigenvalue weighted by atomic mass is 32.1. The molecule has 0 spiro atoms. The summed E-state index contributed by atoms with van der Waals surface area (Å²) in [7, 11) is 0. The largest absolute Gasteiger partial charge is 0.171 e. The van der Waals surface area contributed by atoms with Crippen LogP contribution in [0.25, 0.3) is 19.5 Å². The number of nitrogens with zero attached hydrogens (tertiary/aromatic N) is 2. The van der Waals surface area contributed by atoms with Crippen molar-refractivity contribution in [1.82, 2.24) is 0 Å². The molecule has 0 atom stereocenters. The van der Waals surface area contributed by atoms with Gasteiger partial charge in [0.05, 0.1) is 21.1 Å². The normalized spacial score (nSPS) is 12.4. The van der Waals surface area contributed by atoms with Gasteiger partial charge in [0.2, 0.25) is 0 Å². The molecule has 0 aliphatic carbocycles. The van der Waals surface area contributed by atoms with Gasteiger partial charge in [-0.25, -0.2) is 0 Å². The fraction of sp³-hybridized carbons (Fsp3) is 0.625. The monoisotopic (exact) mass is 586 g/mol. The van der Waals surface area contributed by atoms with Crippen LogP contribution in [-0.2, 0) is 24.2 Å². The van der Waals surface area contributed by atoms with Crippen LogP contribution >= 0.6 is 34.0 Å². The Kier molecular flexibility index (Phi) is 13.3. The Bertz CT molecular complexity index is 1080. The van der Waals surface area contributed by atoms with E-state index in [1.165, 1.54) is 158 Å². The van der Waals surface area contributed by atoms with E-state index < -0.39 is 0 Å². The van der Waals surface area contributed by atoms with Gasteiger partial charge in [0.1, 0.15) is 11.4 Å². The van der Waals surface area contributed by atoms with Crippen molar-refractivity contribution in [3.8, 4) is 19.5 Å². The molecule has 208 valence electrons. The lowest BCUT2D eigenvalue weighted by molar-refractivity contribution is 0.576. The van der Waals surface area contributed by atoms with Gasteiger partial charge in [-0.15, -0.1) is 34.0 Å². The predicted octanol–water partition coefficient (Wildman–Crippen LogP) is 13.3. The Morgan fingerprint density at radius 3 is 1.34 bits per heavy atom. The van der Waals surface area contributed by atoms with Gasteiger partial charge in [-0.3, -0.25) is 0 Å². The third kappa shape index (κ3) is 8.97. The van der Waals surface area contributed by atoms with E-state index in [0.29, 0.717) is 0 Å². The number of thiophene rings is 3. The average molecular weight is 587 g/mol. The zero-order valence-corrected chi connectivity index (χ0v) is 26.8. The van der Waals surface area contributed by atoms with Gasteiger partial charge >= 0.3 is 0 Å². The number of hydrogen-bond donors (Lipinski definition) is 0. The summed E-state index contributed by atoms with van der Waals surface area (Å²) in [4.78, 5) is 5.36. The van der Waals surface area contributed by atoms with E-state index in [2.05, 4.69) is 36.7 Å². The van der Waals surface area contributed by atoms with E-state index in [4.69, 9.17) is 8.73 Å². The van der Waals surface area contributed by atoms with Gasteiger partial charge in [0, 0.05) is 9.75 Å². The zero-order chi connectivity index (χ0) is 26.4. The Morgan fingerprint density at radius 1 is 0.526 bits per heavy atom. The average Bonchev–Trinajstić information content (AvgIpc) is 3.72. The van der Waals surface area contributed by atoms with Crippen molar-refractivity contribution in [3.05, 3.63) is 34.0 Å². The summed E-state index contributed by atoms with van der Waals surface area (Å²) in [5, 5.41) is 4.74. The minimum absolute atomic E-state index is 1.11. The molecule has 0 saturated heterocycles. The second kappa shape index (κ2) is 16.9. The van der Waals surface area contributed by atoms with Crippen LogP contribution in [0.4, 0.5) is 11.4 Å². The summed E-state index contributed by atoms with van der Waals surface area (Å²) in [6, 6.07) is 4.84. The Morgan fingerprint density at radius 2 is 0.921 bits per heavy atom. The van der Waals surface area contributed by atoms with Gasteiger partial charge in [-0.05, 0) is 59.7 Å². The van der Waals surface area contributed by atoms with Crippen molar-refractivity contribution < 1.29 is 0 Å². The molecule has 0 bridgehead atoms. The van der Waals surface area contributed by atoms with Crippen LogP contribution in [0.1, 0.15) is 128 Å². The Hall–Kier alpha value is -1.08. The molecule has 2 nitrogen and oxygen atoms in total. The summed E-state index contributed by atoms with van der Waals surface area (Å²) in [5.41, 5.74) is 5.19. The minimum Gasteiger partial charge on any atom is -0.171 e. The summed E-state index contributed by atoms with van der Waals surface area (Å²) in [6.07, 6.45) is 24.5. The molecule has 1 aliphatic rings. The summed E-state index contributed by atoms with van der Waals surface area (Å²) in [5.74, 6) is 0. The van der Waals surface area contributed by atoms with E-state index >= 15 is 0 Å². The highest BCUT2D eigenvalue weighted by Gasteiger charge is 2.24. The van der Waals surface area contributed by atoms with Gasteiger partial charge in [-0.2, -0.15) is 8.73 Å². The van der Waals surface area contributed by atoms with Crippen molar-refractivity contribution in [2.75, 3.05) is 0 Å². The standard InChI is InChI=1S/C32H46N2S4/c1-3-5-7-9-11-13-15-17-19-25-21-27(35-23-25)31-29-30(34-38-33-29)32(37-31)28-22-26(24-36-28)20-18-16-14-12-10-8-6-4-2/h21-24H,3-20H2,1-2H3. The zero-order valence-electron chi connectivity index (χ0n) is 23.6. The van der Waals surface area contributed by atoms with Crippen molar-refractivity contribution >= 4 is 56.7 Å². The smallest absolute Gasteiger partial charge is 0.124 e. The first kappa shape index (κ1) is 29.9. The topological polar surface area (TPSA) is 24.7 Å². The van der Waals surface area contributed by atoms with Crippen LogP contribution in [0, 0.1) is 0 Å². The van der Waals surface area contributed by atoms with Crippen molar-refractivity contribution in [2.24, 2.45) is 8.73 Å². The molecular formula is C32H46N2S4. The molecule has 0 saturated carbocycles. The molecule has 3 aromatic rings. The van der Waals surface area contributed by atoms with Gasteiger partial charge < -0.3 is 0 Å². The maximum atomic E-state index is 4.72. The fourth-order valence-electron chi connectivity index (χ4n) is 5.20. The van der Waals surface area contributed by atoms with E-state index in [0.717, 1.165) is 11.4 Å². The highest BCUT2D eigenvalue weighted by molar-refractivity contribution is 7.58. The number of fused-ring (bicyclic) bond motifs is 1. The second-order valence-electron chi connectivity index (χ2n) is 10.8. The number of unbranched alkanes of at least 4 members (excludes halogenated alkanes) is 14. The number of aryl methyl sites for hydroxylation is 2. The third-order valence-corrected chi connectivity index (χ3v) is 11.5. The number of hydrogen-bond acceptors (Lipinski definition) is 5. The Labute approximate surface area is 247 Å². The lowest BCUT2D eigenvalue weighted by Gasteiger charge is -2.01. The molecule has 4 rings (SSSR count). The van der Waals surface area contributed by atoms with Gasteiger partial charge in [0.25, 0.3) is 0 Å². The van der Waals surface area contributed by atoms with Crippen molar-refractivity contribution in [2.45, 2.75) is 129 Å². The Balaban J connectivity index is 1.27. The maximum Gasteiger partial charge on any atom is 0.124 e. The molecule has 0 fully saturated rings. The van der Waals surface area contributed by atoms with Gasteiger partial charge in [-0.1, -0.05) is 104 Å². The first-order valence-electron chi connectivity index (χ1n) is 15.2. The van der Waals surface area contributed by atoms with E-state index in [-0.39, 0.29) is 0 Å². The van der Waals surface area contributed by atoms with Crippen LogP contribution in [0.15, 0.2) is 31.6 Å². The fourth-order valence-corrected chi connectivity index (χ4v) is 9.19. The summed E-state index contributed by atoms with van der Waals surface area (Å²) >= 11 is 7.03. The molecule has 1 aliphatic heterocycles. The molecule has 38 heavy (non-hydrogen) atoms.